The van der Waals surface area contributed by atoms with Gasteiger partial charge in [0.05, 0.1) is 0 Å². The van der Waals surface area contributed by atoms with E-state index in [-0.39, 0.29) is 17.4 Å². The molecule has 0 N–H and O–H groups in total. The molecular weight excluding hydrogens is 424 g/mol. The van der Waals surface area contributed by atoms with Crippen LogP contribution in [0.4, 0.5) is 0 Å². The number of benzene rings is 3. The van der Waals surface area contributed by atoms with E-state index >= 15 is 0 Å². The van der Waals surface area contributed by atoms with E-state index in [1.54, 1.807) is 0 Å². The average molecular weight is 463 g/mol. The molecule has 0 saturated carbocycles. The molecule has 182 valence electrons. The standard InChI is InChI=1S/C30H38O4/c1-6-8-10-19-25(31)33-28-21-15-12-13-16-22(21)29(34-26(32)20-11-9-7-2)27-23(28)17-14-18-24(27)30(3,4)5/h12-18H,6-11,19-20H2,1-5H3. The predicted octanol–water partition coefficient (Wildman–Crippen LogP) is 8.26. The fourth-order valence-electron chi connectivity index (χ4n) is 4.35. The molecule has 3 rings (SSSR count). The quantitative estimate of drug-likeness (QED) is 0.132. The van der Waals surface area contributed by atoms with E-state index in [1.807, 2.05) is 36.4 Å². The Bertz CT molecular complexity index is 1150. The van der Waals surface area contributed by atoms with Gasteiger partial charge >= 0.3 is 11.9 Å². The van der Waals surface area contributed by atoms with Crippen LogP contribution in [0.1, 0.15) is 91.5 Å². The van der Waals surface area contributed by atoms with Crippen molar-refractivity contribution in [2.24, 2.45) is 0 Å². The Morgan fingerprint density at radius 3 is 1.71 bits per heavy atom. The Morgan fingerprint density at radius 1 is 0.676 bits per heavy atom. The van der Waals surface area contributed by atoms with Crippen LogP contribution in [0.3, 0.4) is 0 Å². The van der Waals surface area contributed by atoms with Gasteiger partial charge in [0.25, 0.3) is 0 Å². The van der Waals surface area contributed by atoms with Crippen LogP contribution in [-0.2, 0) is 15.0 Å². The monoisotopic (exact) mass is 462 g/mol. The number of carbonyl (C=O) groups is 2. The normalized spacial score (nSPS) is 11.7. The zero-order valence-electron chi connectivity index (χ0n) is 21.3. The molecule has 0 aliphatic rings. The summed E-state index contributed by atoms with van der Waals surface area (Å²) >= 11 is 0. The molecule has 34 heavy (non-hydrogen) atoms. The van der Waals surface area contributed by atoms with Crippen LogP contribution >= 0.6 is 0 Å². The first-order valence-corrected chi connectivity index (χ1v) is 12.7. The second-order valence-electron chi connectivity index (χ2n) is 10.0. The molecule has 4 nitrogen and oxygen atoms in total. The molecule has 0 radical (unpaired) electrons. The van der Waals surface area contributed by atoms with Gasteiger partial charge in [0.15, 0.2) is 0 Å². The number of rotatable bonds is 10. The van der Waals surface area contributed by atoms with Crippen LogP contribution in [0, 0.1) is 0 Å². The first kappa shape index (κ1) is 25.7. The summed E-state index contributed by atoms with van der Waals surface area (Å²) in [5, 5.41) is 3.20. The van der Waals surface area contributed by atoms with Gasteiger partial charge in [-0.3, -0.25) is 9.59 Å². The SMILES string of the molecule is CCCCCC(=O)Oc1c2ccccc2c(OC(=O)CCCCC)c2c(C(C)(C)C)cccc12. The van der Waals surface area contributed by atoms with E-state index in [0.717, 1.165) is 65.6 Å². The molecule has 0 heterocycles. The molecule has 0 unspecified atom stereocenters. The number of fused-ring (bicyclic) bond motifs is 2. The van der Waals surface area contributed by atoms with E-state index in [2.05, 4.69) is 40.7 Å². The molecule has 0 saturated heterocycles. The van der Waals surface area contributed by atoms with Crippen LogP contribution in [0.25, 0.3) is 21.5 Å². The van der Waals surface area contributed by atoms with Crippen molar-refractivity contribution in [3.8, 4) is 11.5 Å². The van der Waals surface area contributed by atoms with Crippen molar-refractivity contribution in [2.45, 2.75) is 91.4 Å². The van der Waals surface area contributed by atoms with Crippen molar-refractivity contribution in [2.75, 3.05) is 0 Å². The van der Waals surface area contributed by atoms with Crippen LogP contribution in [-0.4, -0.2) is 11.9 Å². The van der Waals surface area contributed by atoms with Gasteiger partial charge in [-0.25, -0.2) is 0 Å². The number of unbranched alkanes of at least 4 members (excludes halogenated alkanes) is 4. The van der Waals surface area contributed by atoms with Crippen LogP contribution in [0.2, 0.25) is 0 Å². The Balaban J connectivity index is 2.21. The van der Waals surface area contributed by atoms with E-state index in [1.165, 1.54) is 0 Å². The van der Waals surface area contributed by atoms with E-state index in [9.17, 15) is 9.59 Å². The molecule has 0 fully saturated rings. The van der Waals surface area contributed by atoms with Gasteiger partial charge in [-0.05, 0) is 23.8 Å². The second-order valence-corrected chi connectivity index (χ2v) is 10.0. The summed E-state index contributed by atoms with van der Waals surface area (Å²) < 4.78 is 12.1. The fourth-order valence-corrected chi connectivity index (χ4v) is 4.35. The first-order chi connectivity index (χ1) is 16.3. The van der Waals surface area contributed by atoms with E-state index < -0.39 is 0 Å². The van der Waals surface area contributed by atoms with Gasteiger partial charge < -0.3 is 9.47 Å². The molecule has 3 aromatic carbocycles. The number of ether oxygens (including phenoxy) is 2. The lowest BCUT2D eigenvalue weighted by molar-refractivity contribution is -0.135. The van der Waals surface area contributed by atoms with Crippen LogP contribution < -0.4 is 9.47 Å². The van der Waals surface area contributed by atoms with Crippen LogP contribution in [0.5, 0.6) is 11.5 Å². The van der Waals surface area contributed by atoms with Crippen molar-refractivity contribution in [1.29, 1.82) is 0 Å². The summed E-state index contributed by atoms with van der Waals surface area (Å²) in [4.78, 5) is 25.6. The lowest BCUT2D eigenvalue weighted by Crippen LogP contribution is -2.15. The minimum atomic E-state index is -0.231. The third kappa shape index (κ3) is 5.97. The summed E-state index contributed by atoms with van der Waals surface area (Å²) in [5.41, 5.74) is 0.851. The Labute approximate surface area is 203 Å². The van der Waals surface area contributed by atoms with Gasteiger partial charge in [0, 0.05) is 34.4 Å². The second kappa shape index (κ2) is 11.5. The van der Waals surface area contributed by atoms with Crippen molar-refractivity contribution in [3.63, 3.8) is 0 Å². The largest absolute Gasteiger partial charge is 0.425 e. The third-order valence-electron chi connectivity index (χ3n) is 6.16. The summed E-state index contributed by atoms with van der Waals surface area (Å²) in [6.45, 7) is 10.6. The molecule has 0 aliphatic carbocycles. The zero-order chi connectivity index (χ0) is 24.7. The van der Waals surface area contributed by atoms with Gasteiger partial charge in [-0.1, -0.05) is 103 Å². The van der Waals surface area contributed by atoms with Gasteiger partial charge in [-0.2, -0.15) is 0 Å². The lowest BCUT2D eigenvalue weighted by atomic mass is 9.82. The first-order valence-electron chi connectivity index (χ1n) is 12.7. The number of hydrogen-bond acceptors (Lipinski definition) is 4. The van der Waals surface area contributed by atoms with Crippen molar-refractivity contribution in [3.05, 3.63) is 48.0 Å². The minimum Gasteiger partial charge on any atom is -0.425 e. The topological polar surface area (TPSA) is 52.6 Å². The molecule has 0 aromatic heterocycles. The predicted molar refractivity (Wildman–Crippen MR) is 140 cm³/mol. The molecule has 4 heteroatoms. The maximum absolute atomic E-state index is 12.8. The van der Waals surface area contributed by atoms with E-state index in [0.29, 0.717) is 24.3 Å². The minimum absolute atomic E-state index is 0.201. The molecule has 0 amide bonds. The lowest BCUT2D eigenvalue weighted by Gasteiger charge is -2.25. The molecule has 3 aromatic rings. The average Bonchev–Trinajstić information content (AvgIpc) is 2.80. The fraction of sp³-hybridized carbons (Fsp3) is 0.467. The zero-order valence-corrected chi connectivity index (χ0v) is 21.3. The third-order valence-corrected chi connectivity index (χ3v) is 6.16. The smallest absolute Gasteiger partial charge is 0.311 e. The van der Waals surface area contributed by atoms with Crippen molar-refractivity contribution >= 4 is 33.5 Å². The number of esters is 2. The van der Waals surface area contributed by atoms with Crippen molar-refractivity contribution < 1.29 is 19.1 Å². The summed E-state index contributed by atoms with van der Waals surface area (Å²) in [6, 6.07) is 13.7. The summed E-state index contributed by atoms with van der Waals surface area (Å²) in [7, 11) is 0. The molecule has 0 bridgehead atoms. The summed E-state index contributed by atoms with van der Waals surface area (Å²) in [6.07, 6.45) is 6.48. The van der Waals surface area contributed by atoms with Gasteiger partial charge in [-0.15, -0.1) is 0 Å². The Hall–Kier alpha value is -2.88. The maximum Gasteiger partial charge on any atom is 0.311 e. The molecule has 0 aliphatic heterocycles. The maximum atomic E-state index is 12.8. The molecule has 0 spiro atoms. The summed E-state index contributed by atoms with van der Waals surface area (Å²) in [5.74, 6) is 0.644. The van der Waals surface area contributed by atoms with Crippen molar-refractivity contribution in [1.82, 2.24) is 0 Å². The van der Waals surface area contributed by atoms with Gasteiger partial charge in [0.1, 0.15) is 11.5 Å². The number of carbonyl (C=O) groups excluding carboxylic acids is 2. The highest BCUT2D eigenvalue weighted by Crippen LogP contribution is 2.46. The highest BCUT2D eigenvalue weighted by atomic mass is 16.5. The van der Waals surface area contributed by atoms with E-state index in [4.69, 9.17) is 9.47 Å². The Morgan fingerprint density at radius 2 is 1.18 bits per heavy atom. The number of hydrogen-bond donors (Lipinski definition) is 0. The molecule has 0 atom stereocenters. The molecular formula is C30H38O4. The van der Waals surface area contributed by atoms with Crippen LogP contribution in [0.15, 0.2) is 42.5 Å². The highest BCUT2D eigenvalue weighted by molar-refractivity contribution is 6.14. The Kier molecular flexibility index (Phi) is 8.71. The van der Waals surface area contributed by atoms with Gasteiger partial charge in [0.2, 0.25) is 0 Å². The highest BCUT2D eigenvalue weighted by Gasteiger charge is 2.26.